The lowest BCUT2D eigenvalue weighted by Crippen LogP contribution is -2.53. The Hall–Kier alpha value is -3.18. The van der Waals surface area contributed by atoms with Crippen LogP contribution < -0.4 is 19.1 Å². The van der Waals surface area contributed by atoms with Crippen molar-refractivity contribution in [3.8, 4) is 11.5 Å². The highest BCUT2D eigenvalue weighted by Crippen LogP contribution is 2.33. The fourth-order valence-corrected chi connectivity index (χ4v) is 7.45. The van der Waals surface area contributed by atoms with Crippen LogP contribution in [-0.2, 0) is 26.2 Å². The predicted molar refractivity (Wildman–Crippen MR) is 177 cm³/mol. The SMILES string of the molecule is CCC(C(=O)NC1CCCC1)N(Cc1c(Cl)cccc1Cl)C(=O)CN(c1ccc(Cl)cc1)S(=O)(=O)c1ccc(OC)c(OC)c1. The first-order chi connectivity index (χ1) is 21.5. The van der Waals surface area contributed by atoms with Gasteiger partial charge in [-0.3, -0.25) is 13.9 Å². The molecule has 0 spiro atoms. The molecule has 2 amide bonds. The molecule has 0 saturated heterocycles. The van der Waals surface area contributed by atoms with Crippen LogP contribution in [0, 0.1) is 0 Å². The molecule has 242 valence electrons. The van der Waals surface area contributed by atoms with Crippen LogP contribution in [0.1, 0.15) is 44.6 Å². The summed E-state index contributed by atoms with van der Waals surface area (Å²) in [6.07, 6.45) is 4.03. The van der Waals surface area contributed by atoms with E-state index in [0.717, 1.165) is 30.0 Å². The van der Waals surface area contributed by atoms with Gasteiger partial charge in [0.25, 0.3) is 10.0 Å². The molecule has 0 bridgehead atoms. The molecule has 0 heterocycles. The fraction of sp³-hybridized carbons (Fsp3) is 0.375. The third-order valence-electron chi connectivity index (χ3n) is 7.81. The summed E-state index contributed by atoms with van der Waals surface area (Å²) >= 11 is 19.1. The topological polar surface area (TPSA) is 105 Å². The molecule has 1 atom stereocenters. The summed E-state index contributed by atoms with van der Waals surface area (Å²) in [4.78, 5) is 29.2. The number of rotatable bonds is 13. The van der Waals surface area contributed by atoms with Crippen molar-refractivity contribution < 1.29 is 27.5 Å². The Labute approximate surface area is 279 Å². The Morgan fingerprint density at radius 2 is 1.56 bits per heavy atom. The van der Waals surface area contributed by atoms with Gasteiger partial charge in [-0.15, -0.1) is 0 Å². The lowest BCUT2D eigenvalue weighted by molar-refractivity contribution is -0.140. The van der Waals surface area contributed by atoms with Crippen molar-refractivity contribution in [1.29, 1.82) is 0 Å². The summed E-state index contributed by atoms with van der Waals surface area (Å²) in [7, 11) is -1.52. The molecule has 0 aliphatic heterocycles. The van der Waals surface area contributed by atoms with Crippen LogP contribution in [0.3, 0.4) is 0 Å². The molecule has 0 aromatic heterocycles. The third kappa shape index (κ3) is 8.16. The first-order valence-electron chi connectivity index (χ1n) is 14.5. The van der Waals surface area contributed by atoms with Crippen LogP contribution in [0.25, 0.3) is 0 Å². The highest BCUT2D eigenvalue weighted by molar-refractivity contribution is 7.92. The van der Waals surface area contributed by atoms with E-state index in [4.69, 9.17) is 44.3 Å². The van der Waals surface area contributed by atoms with Crippen molar-refractivity contribution in [3.05, 3.63) is 81.3 Å². The number of sulfonamides is 1. The molecule has 0 radical (unpaired) electrons. The molecule has 1 aliphatic carbocycles. The number of benzene rings is 3. The smallest absolute Gasteiger partial charge is 0.264 e. The molecule has 1 N–H and O–H groups in total. The Morgan fingerprint density at radius 3 is 2.13 bits per heavy atom. The van der Waals surface area contributed by atoms with Crippen molar-refractivity contribution in [2.75, 3.05) is 25.1 Å². The fourth-order valence-electron chi connectivity index (χ4n) is 5.38. The van der Waals surface area contributed by atoms with E-state index < -0.39 is 28.5 Å². The summed E-state index contributed by atoms with van der Waals surface area (Å²) in [5.74, 6) is -0.405. The van der Waals surface area contributed by atoms with Crippen molar-refractivity contribution >= 4 is 62.3 Å². The van der Waals surface area contributed by atoms with E-state index in [-0.39, 0.29) is 41.2 Å². The summed E-state index contributed by atoms with van der Waals surface area (Å²) in [5.41, 5.74) is 0.642. The normalized spacial score (nSPS) is 14.1. The van der Waals surface area contributed by atoms with E-state index in [1.54, 1.807) is 25.1 Å². The number of hydrogen-bond donors (Lipinski definition) is 1. The summed E-state index contributed by atoms with van der Waals surface area (Å²) < 4.78 is 40.0. The van der Waals surface area contributed by atoms with E-state index in [1.165, 1.54) is 61.6 Å². The predicted octanol–water partition coefficient (Wildman–Crippen LogP) is 6.73. The number of hydrogen-bond acceptors (Lipinski definition) is 6. The molecular formula is C32H36Cl3N3O6S. The molecule has 1 aliphatic rings. The highest BCUT2D eigenvalue weighted by atomic mass is 35.5. The zero-order valence-electron chi connectivity index (χ0n) is 25.3. The van der Waals surface area contributed by atoms with Gasteiger partial charge in [-0.25, -0.2) is 8.42 Å². The van der Waals surface area contributed by atoms with Gasteiger partial charge < -0.3 is 19.7 Å². The van der Waals surface area contributed by atoms with Crippen LogP contribution >= 0.6 is 34.8 Å². The maximum absolute atomic E-state index is 14.3. The van der Waals surface area contributed by atoms with Gasteiger partial charge in [-0.1, -0.05) is 60.6 Å². The third-order valence-corrected chi connectivity index (χ3v) is 10.5. The van der Waals surface area contributed by atoms with Crippen molar-refractivity contribution in [2.24, 2.45) is 0 Å². The van der Waals surface area contributed by atoms with Crippen LogP contribution in [0.5, 0.6) is 11.5 Å². The van der Waals surface area contributed by atoms with Gasteiger partial charge in [-0.05, 0) is 67.8 Å². The number of amides is 2. The molecular weight excluding hydrogens is 661 g/mol. The van der Waals surface area contributed by atoms with Crippen molar-refractivity contribution in [2.45, 2.75) is 62.6 Å². The number of nitrogens with zero attached hydrogens (tertiary/aromatic N) is 2. The quantitative estimate of drug-likeness (QED) is 0.213. The summed E-state index contributed by atoms with van der Waals surface area (Å²) in [5, 5.41) is 4.10. The first kappa shape index (κ1) is 34.7. The Balaban J connectivity index is 1.77. The van der Waals surface area contributed by atoms with Gasteiger partial charge in [0.1, 0.15) is 12.6 Å². The zero-order chi connectivity index (χ0) is 32.7. The van der Waals surface area contributed by atoms with E-state index in [2.05, 4.69) is 5.32 Å². The summed E-state index contributed by atoms with van der Waals surface area (Å²) in [6.45, 7) is 1.05. The standard InChI is InChI=1S/C32H36Cl3N3O6S/c1-4-28(32(40)36-22-8-5-6-9-22)37(19-25-26(34)10-7-11-27(25)35)31(39)20-38(23-14-12-21(33)13-15-23)45(41,42)24-16-17-29(43-2)30(18-24)44-3/h7,10-18,22,28H,4-6,8-9,19-20H2,1-3H3,(H,36,40). The van der Waals surface area contributed by atoms with E-state index >= 15 is 0 Å². The second-order valence-corrected chi connectivity index (χ2v) is 13.8. The number of nitrogens with one attached hydrogen (secondary N) is 1. The van der Waals surface area contributed by atoms with Crippen molar-refractivity contribution in [3.63, 3.8) is 0 Å². The Kier molecular flexibility index (Phi) is 11.9. The van der Waals surface area contributed by atoms with Gasteiger partial charge in [0.05, 0.1) is 24.8 Å². The number of carbonyl (C=O) groups is 2. The second kappa shape index (κ2) is 15.4. The molecule has 3 aromatic carbocycles. The monoisotopic (exact) mass is 695 g/mol. The molecule has 1 saturated carbocycles. The van der Waals surface area contributed by atoms with Gasteiger partial charge in [0, 0.05) is 39.3 Å². The number of carbonyl (C=O) groups excluding carboxylic acids is 2. The van der Waals surface area contributed by atoms with Crippen molar-refractivity contribution in [1.82, 2.24) is 10.2 Å². The Morgan fingerprint density at radius 1 is 0.933 bits per heavy atom. The first-order valence-corrected chi connectivity index (χ1v) is 17.1. The second-order valence-electron chi connectivity index (χ2n) is 10.6. The average molecular weight is 697 g/mol. The van der Waals surface area contributed by atoms with Crippen LogP contribution in [0.2, 0.25) is 15.1 Å². The van der Waals surface area contributed by atoms with Gasteiger partial charge >= 0.3 is 0 Å². The number of methoxy groups -OCH3 is 2. The average Bonchev–Trinajstić information content (AvgIpc) is 3.54. The molecule has 1 fully saturated rings. The maximum Gasteiger partial charge on any atom is 0.264 e. The zero-order valence-corrected chi connectivity index (χ0v) is 28.3. The van der Waals surface area contributed by atoms with E-state index in [1.807, 2.05) is 0 Å². The van der Waals surface area contributed by atoms with Crippen LogP contribution in [-0.4, -0.2) is 58.0 Å². The molecule has 9 nitrogen and oxygen atoms in total. The lowest BCUT2D eigenvalue weighted by Gasteiger charge is -2.34. The molecule has 1 unspecified atom stereocenters. The Bertz CT molecular complexity index is 1590. The highest BCUT2D eigenvalue weighted by Gasteiger charge is 2.35. The number of ether oxygens (including phenoxy) is 2. The minimum absolute atomic E-state index is 0.0170. The molecule has 4 rings (SSSR count). The van der Waals surface area contributed by atoms with E-state index in [0.29, 0.717) is 26.4 Å². The van der Waals surface area contributed by atoms with Crippen LogP contribution in [0.4, 0.5) is 5.69 Å². The minimum Gasteiger partial charge on any atom is -0.493 e. The van der Waals surface area contributed by atoms with Gasteiger partial charge in [0.2, 0.25) is 11.8 Å². The summed E-state index contributed by atoms with van der Waals surface area (Å²) in [6, 6.07) is 14.3. The molecule has 13 heteroatoms. The minimum atomic E-state index is -4.36. The number of halogens is 3. The van der Waals surface area contributed by atoms with Gasteiger partial charge in [-0.2, -0.15) is 0 Å². The largest absolute Gasteiger partial charge is 0.493 e. The van der Waals surface area contributed by atoms with E-state index in [9.17, 15) is 18.0 Å². The number of anilines is 1. The maximum atomic E-state index is 14.3. The van der Waals surface area contributed by atoms with Gasteiger partial charge in [0.15, 0.2) is 11.5 Å². The molecule has 3 aromatic rings. The molecule has 45 heavy (non-hydrogen) atoms. The van der Waals surface area contributed by atoms with Crippen LogP contribution in [0.15, 0.2) is 65.6 Å². The lowest BCUT2D eigenvalue weighted by atomic mass is 10.1.